The van der Waals surface area contributed by atoms with Crippen LogP contribution in [0.3, 0.4) is 0 Å². The molecule has 1 fully saturated rings. The van der Waals surface area contributed by atoms with Gasteiger partial charge >= 0.3 is 0 Å². The van der Waals surface area contributed by atoms with E-state index in [1.165, 1.54) is 5.56 Å². The van der Waals surface area contributed by atoms with E-state index in [1.54, 1.807) is 0 Å². The number of hydrogen-bond donors (Lipinski definition) is 0. The zero-order valence-electron chi connectivity index (χ0n) is 13.6. The monoisotopic (exact) mass is 308 g/mol. The van der Waals surface area contributed by atoms with E-state index in [0.29, 0.717) is 12.8 Å². The molecule has 0 aliphatic carbocycles. The molecule has 1 saturated heterocycles. The van der Waals surface area contributed by atoms with Crippen molar-refractivity contribution in [1.82, 2.24) is 9.80 Å². The number of hydrogen-bond acceptors (Lipinski definition) is 4. The van der Waals surface area contributed by atoms with Crippen molar-refractivity contribution in [2.24, 2.45) is 5.92 Å². The van der Waals surface area contributed by atoms with E-state index in [0.717, 1.165) is 39.3 Å². The molecule has 0 saturated carbocycles. The predicted molar refractivity (Wildman–Crippen MR) is 92.3 cm³/mol. The van der Waals surface area contributed by atoms with Crippen LogP contribution in [0.4, 0.5) is 0 Å². The molecule has 1 unspecified atom stereocenters. The molecule has 4 nitrogen and oxygen atoms in total. The summed E-state index contributed by atoms with van der Waals surface area (Å²) < 4.78 is 0. The van der Waals surface area contributed by atoms with E-state index < -0.39 is 0 Å². The quantitative estimate of drug-likeness (QED) is 0.777. The Bertz CT molecular complexity index is 559. The zero-order chi connectivity index (χ0) is 16.3. The highest BCUT2D eigenvalue weighted by Crippen LogP contribution is 2.10. The molecule has 1 aliphatic heterocycles. The molecule has 1 aromatic carbocycles. The summed E-state index contributed by atoms with van der Waals surface area (Å²) in [5.41, 5.74) is 1.24. The van der Waals surface area contributed by atoms with Crippen molar-refractivity contribution in [1.29, 1.82) is 10.5 Å². The third-order valence-corrected chi connectivity index (χ3v) is 4.20. The van der Waals surface area contributed by atoms with Gasteiger partial charge in [0.15, 0.2) is 0 Å². The van der Waals surface area contributed by atoms with E-state index in [4.69, 9.17) is 10.5 Å². The second kappa shape index (κ2) is 9.79. The van der Waals surface area contributed by atoms with Gasteiger partial charge in [0.05, 0.1) is 18.1 Å². The van der Waals surface area contributed by atoms with Crippen molar-refractivity contribution in [3.05, 3.63) is 42.0 Å². The van der Waals surface area contributed by atoms with E-state index in [9.17, 15) is 0 Å². The fourth-order valence-corrected chi connectivity index (χ4v) is 2.80. The van der Waals surface area contributed by atoms with Crippen LogP contribution in [0.1, 0.15) is 18.4 Å². The van der Waals surface area contributed by atoms with Gasteiger partial charge in [0.25, 0.3) is 0 Å². The van der Waals surface area contributed by atoms with Gasteiger partial charge in [-0.05, 0) is 12.0 Å². The van der Waals surface area contributed by atoms with Crippen LogP contribution in [0.2, 0.25) is 0 Å². The van der Waals surface area contributed by atoms with Gasteiger partial charge in [0.1, 0.15) is 0 Å². The molecule has 1 aliphatic rings. The average molecular weight is 308 g/mol. The Morgan fingerprint density at radius 2 is 1.74 bits per heavy atom. The number of piperazine rings is 1. The second-order valence-corrected chi connectivity index (χ2v) is 5.94. The van der Waals surface area contributed by atoms with Crippen LogP contribution in [0.5, 0.6) is 0 Å². The summed E-state index contributed by atoms with van der Waals surface area (Å²) in [7, 11) is 0. The molecule has 0 N–H and O–H groups in total. The van der Waals surface area contributed by atoms with Crippen LogP contribution in [0.25, 0.3) is 6.08 Å². The van der Waals surface area contributed by atoms with Crippen molar-refractivity contribution in [2.45, 2.75) is 12.8 Å². The minimum Gasteiger partial charge on any atom is -0.299 e. The molecule has 4 heteroatoms. The molecular weight excluding hydrogens is 284 g/mol. The van der Waals surface area contributed by atoms with Gasteiger partial charge in [0, 0.05) is 45.7 Å². The minimum absolute atomic E-state index is 0.0147. The van der Waals surface area contributed by atoms with Crippen LogP contribution < -0.4 is 0 Å². The summed E-state index contributed by atoms with van der Waals surface area (Å²) in [4.78, 5) is 4.79. The number of benzene rings is 1. The summed E-state index contributed by atoms with van der Waals surface area (Å²) in [5, 5.41) is 17.8. The smallest absolute Gasteiger partial charge is 0.0669 e. The maximum Gasteiger partial charge on any atom is 0.0669 e. The lowest BCUT2D eigenvalue weighted by Crippen LogP contribution is -2.47. The van der Waals surface area contributed by atoms with E-state index in [1.807, 2.05) is 6.07 Å². The summed E-state index contributed by atoms with van der Waals surface area (Å²) in [6, 6.07) is 14.8. The van der Waals surface area contributed by atoms with Crippen LogP contribution >= 0.6 is 0 Å². The highest BCUT2D eigenvalue weighted by molar-refractivity contribution is 5.48. The third-order valence-electron chi connectivity index (χ3n) is 4.20. The van der Waals surface area contributed by atoms with Crippen molar-refractivity contribution in [2.75, 3.05) is 39.3 Å². The largest absolute Gasteiger partial charge is 0.299 e. The first kappa shape index (κ1) is 17.2. The van der Waals surface area contributed by atoms with Gasteiger partial charge in [-0.3, -0.25) is 9.80 Å². The molecule has 1 heterocycles. The van der Waals surface area contributed by atoms with Crippen LogP contribution in [-0.4, -0.2) is 49.1 Å². The Morgan fingerprint density at radius 3 is 2.39 bits per heavy atom. The van der Waals surface area contributed by atoms with Gasteiger partial charge in [-0.2, -0.15) is 10.5 Å². The maximum absolute atomic E-state index is 9.15. The SMILES string of the molecule is N#CCCC(C#N)CN1CCN(CC=Cc2ccccc2)CC1. The molecule has 1 atom stereocenters. The molecule has 23 heavy (non-hydrogen) atoms. The van der Waals surface area contributed by atoms with Crippen LogP contribution in [0.15, 0.2) is 36.4 Å². The Hall–Kier alpha value is -2.14. The Morgan fingerprint density at radius 1 is 1.04 bits per heavy atom. The van der Waals surface area contributed by atoms with Gasteiger partial charge in [-0.15, -0.1) is 0 Å². The molecule has 0 bridgehead atoms. The lowest BCUT2D eigenvalue weighted by molar-refractivity contribution is 0.132. The fraction of sp³-hybridized carbons (Fsp3) is 0.474. The molecule has 0 aromatic heterocycles. The van der Waals surface area contributed by atoms with Crippen molar-refractivity contribution in [3.8, 4) is 12.1 Å². The fourth-order valence-electron chi connectivity index (χ4n) is 2.80. The van der Waals surface area contributed by atoms with Gasteiger partial charge in [-0.1, -0.05) is 42.5 Å². The first-order chi connectivity index (χ1) is 11.3. The third kappa shape index (κ3) is 6.24. The molecule has 1 aromatic rings. The Labute approximate surface area is 139 Å². The first-order valence-corrected chi connectivity index (χ1v) is 8.24. The highest BCUT2D eigenvalue weighted by atomic mass is 15.3. The van der Waals surface area contributed by atoms with Crippen LogP contribution in [0, 0.1) is 28.6 Å². The first-order valence-electron chi connectivity index (χ1n) is 8.24. The molecule has 0 radical (unpaired) electrons. The van der Waals surface area contributed by atoms with Gasteiger partial charge in [0.2, 0.25) is 0 Å². The predicted octanol–water partition coefficient (Wildman–Crippen LogP) is 2.76. The second-order valence-electron chi connectivity index (χ2n) is 5.94. The Balaban J connectivity index is 1.69. The number of nitrogens with zero attached hydrogens (tertiary/aromatic N) is 4. The van der Waals surface area contributed by atoms with E-state index in [2.05, 4.69) is 58.4 Å². The van der Waals surface area contributed by atoms with Gasteiger partial charge < -0.3 is 0 Å². The summed E-state index contributed by atoms with van der Waals surface area (Å²) >= 11 is 0. The maximum atomic E-state index is 9.15. The summed E-state index contributed by atoms with van der Waals surface area (Å²) in [5.74, 6) is -0.0147. The average Bonchev–Trinajstić information content (AvgIpc) is 2.61. The lowest BCUT2D eigenvalue weighted by Gasteiger charge is -2.34. The molecule has 2 rings (SSSR count). The van der Waals surface area contributed by atoms with Crippen molar-refractivity contribution in [3.63, 3.8) is 0 Å². The molecular formula is C19H24N4. The molecule has 0 amide bonds. The van der Waals surface area contributed by atoms with Crippen LogP contribution in [-0.2, 0) is 0 Å². The number of nitriles is 2. The topological polar surface area (TPSA) is 54.1 Å². The standard InChI is InChI=1S/C19H24N4/c20-10-4-8-19(16-21)17-23-14-12-22(13-15-23)11-5-9-18-6-2-1-3-7-18/h1-3,5-7,9,19H,4,8,11-15,17H2. The summed E-state index contributed by atoms with van der Waals surface area (Å²) in [6.07, 6.45) is 5.55. The summed E-state index contributed by atoms with van der Waals surface area (Å²) in [6.45, 7) is 5.85. The van der Waals surface area contributed by atoms with E-state index in [-0.39, 0.29) is 5.92 Å². The molecule has 0 spiro atoms. The molecule has 120 valence electrons. The van der Waals surface area contributed by atoms with E-state index >= 15 is 0 Å². The lowest BCUT2D eigenvalue weighted by atomic mass is 10.0. The highest BCUT2D eigenvalue weighted by Gasteiger charge is 2.19. The van der Waals surface area contributed by atoms with Crippen molar-refractivity contribution >= 4 is 6.08 Å². The Kier molecular flexibility index (Phi) is 7.33. The van der Waals surface area contributed by atoms with Gasteiger partial charge in [-0.25, -0.2) is 0 Å². The zero-order valence-corrected chi connectivity index (χ0v) is 13.6. The normalized spacial score (nSPS) is 17.7. The van der Waals surface area contributed by atoms with Crippen molar-refractivity contribution < 1.29 is 0 Å². The number of rotatable bonds is 7. The minimum atomic E-state index is -0.0147.